The third kappa shape index (κ3) is 2.12. The number of nitrogens with zero attached hydrogens (tertiary/aromatic N) is 2. The standard InChI is InChI=1S/C15H23N3/c1-11(16)13-6-8-17-15(10-13)18-9-7-12-4-2-3-5-14(12)18/h6,8,10-12,14H,2-5,7,9,16H2,1H3/t11-,12?,14?/m0/s1. The van der Waals surface area contributed by atoms with Crippen LogP contribution in [0.25, 0.3) is 0 Å². The Hall–Kier alpha value is -1.09. The van der Waals surface area contributed by atoms with Crippen LogP contribution in [0.5, 0.6) is 0 Å². The van der Waals surface area contributed by atoms with Gasteiger partial charge in [0.1, 0.15) is 5.82 Å². The Kier molecular flexibility index (Phi) is 3.25. The number of fused-ring (bicyclic) bond motifs is 1. The van der Waals surface area contributed by atoms with Crippen LogP contribution in [0, 0.1) is 5.92 Å². The van der Waals surface area contributed by atoms with Gasteiger partial charge >= 0.3 is 0 Å². The van der Waals surface area contributed by atoms with Crippen LogP contribution in [-0.2, 0) is 0 Å². The van der Waals surface area contributed by atoms with Crippen molar-refractivity contribution in [3.8, 4) is 0 Å². The smallest absolute Gasteiger partial charge is 0.129 e. The van der Waals surface area contributed by atoms with Crippen LogP contribution in [0.15, 0.2) is 18.3 Å². The Morgan fingerprint density at radius 2 is 2.17 bits per heavy atom. The van der Waals surface area contributed by atoms with E-state index < -0.39 is 0 Å². The van der Waals surface area contributed by atoms with Gasteiger partial charge in [0.05, 0.1) is 0 Å². The molecule has 1 saturated carbocycles. The molecule has 0 spiro atoms. The molecule has 3 heteroatoms. The minimum absolute atomic E-state index is 0.0940. The van der Waals surface area contributed by atoms with E-state index in [0.29, 0.717) is 0 Å². The lowest BCUT2D eigenvalue weighted by Crippen LogP contribution is -2.35. The molecule has 2 heterocycles. The third-order valence-corrected chi connectivity index (χ3v) is 4.60. The molecule has 3 nitrogen and oxygen atoms in total. The lowest BCUT2D eigenvalue weighted by atomic mass is 9.85. The molecular weight excluding hydrogens is 222 g/mol. The number of aromatic nitrogens is 1. The summed E-state index contributed by atoms with van der Waals surface area (Å²) in [5.41, 5.74) is 7.16. The summed E-state index contributed by atoms with van der Waals surface area (Å²) in [4.78, 5) is 7.09. The summed E-state index contributed by atoms with van der Waals surface area (Å²) in [6.45, 7) is 3.21. The van der Waals surface area contributed by atoms with E-state index >= 15 is 0 Å². The van der Waals surface area contributed by atoms with Crippen LogP contribution in [-0.4, -0.2) is 17.6 Å². The number of pyridine rings is 1. The van der Waals surface area contributed by atoms with Crippen LogP contribution in [0.2, 0.25) is 0 Å². The molecule has 0 amide bonds. The lowest BCUT2D eigenvalue weighted by Gasteiger charge is -2.32. The van der Waals surface area contributed by atoms with E-state index in [1.54, 1.807) is 0 Å². The summed E-state index contributed by atoms with van der Waals surface area (Å²) < 4.78 is 0. The van der Waals surface area contributed by atoms with Crippen molar-refractivity contribution in [1.29, 1.82) is 0 Å². The molecule has 98 valence electrons. The maximum absolute atomic E-state index is 5.97. The highest BCUT2D eigenvalue weighted by molar-refractivity contribution is 5.44. The van der Waals surface area contributed by atoms with E-state index in [9.17, 15) is 0 Å². The average Bonchev–Trinajstić information content (AvgIpc) is 2.82. The van der Waals surface area contributed by atoms with Crippen LogP contribution in [0.1, 0.15) is 50.6 Å². The Balaban J connectivity index is 1.84. The summed E-state index contributed by atoms with van der Waals surface area (Å²) in [5.74, 6) is 2.04. The highest BCUT2D eigenvalue weighted by Gasteiger charge is 2.36. The second kappa shape index (κ2) is 4.88. The maximum atomic E-state index is 5.97. The van der Waals surface area contributed by atoms with Crippen LogP contribution < -0.4 is 10.6 Å². The van der Waals surface area contributed by atoms with Crippen LogP contribution in [0.3, 0.4) is 0 Å². The normalized spacial score (nSPS) is 29.1. The van der Waals surface area contributed by atoms with Crippen molar-refractivity contribution in [3.63, 3.8) is 0 Å². The predicted octanol–water partition coefficient (Wildman–Crippen LogP) is 2.87. The molecule has 3 rings (SSSR count). The van der Waals surface area contributed by atoms with E-state index in [1.165, 1.54) is 44.2 Å². The SMILES string of the molecule is C[C@H](N)c1ccnc(N2CCC3CCCCC32)c1. The van der Waals surface area contributed by atoms with Gasteiger partial charge in [-0.05, 0) is 49.8 Å². The molecule has 1 aliphatic carbocycles. The van der Waals surface area contributed by atoms with E-state index in [0.717, 1.165) is 17.8 Å². The van der Waals surface area contributed by atoms with Gasteiger partial charge in [-0.2, -0.15) is 0 Å². The molecule has 18 heavy (non-hydrogen) atoms. The first kappa shape index (κ1) is 12.0. The number of hydrogen-bond acceptors (Lipinski definition) is 3. The highest BCUT2D eigenvalue weighted by Crippen LogP contribution is 2.38. The zero-order chi connectivity index (χ0) is 12.5. The average molecular weight is 245 g/mol. The van der Waals surface area contributed by atoms with Gasteiger partial charge in [0.2, 0.25) is 0 Å². The van der Waals surface area contributed by atoms with Crippen molar-refractivity contribution in [3.05, 3.63) is 23.9 Å². The second-order valence-corrected chi connectivity index (χ2v) is 5.83. The van der Waals surface area contributed by atoms with Crippen LogP contribution in [0.4, 0.5) is 5.82 Å². The minimum Gasteiger partial charge on any atom is -0.353 e. The Bertz CT molecular complexity index is 416. The molecule has 0 aromatic carbocycles. The summed E-state index contributed by atoms with van der Waals surface area (Å²) in [7, 11) is 0. The largest absolute Gasteiger partial charge is 0.353 e. The fourth-order valence-electron chi connectivity index (χ4n) is 3.56. The van der Waals surface area contributed by atoms with E-state index in [-0.39, 0.29) is 6.04 Å². The van der Waals surface area contributed by atoms with Crippen molar-refractivity contribution in [1.82, 2.24) is 4.98 Å². The summed E-state index contributed by atoms with van der Waals surface area (Å²) in [6.07, 6.45) is 8.80. The van der Waals surface area contributed by atoms with Gasteiger partial charge in [0.25, 0.3) is 0 Å². The third-order valence-electron chi connectivity index (χ3n) is 4.60. The first-order chi connectivity index (χ1) is 8.75. The molecule has 1 aliphatic heterocycles. The van der Waals surface area contributed by atoms with Crippen LogP contribution >= 0.6 is 0 Å². The number of hydrogen-bond donors (Lipinski definition) is 1. The van der Waals surface area contributed by atoms with Crippen molar-refractivity contribution in [2.75, 3.05) is 11.4 Å². The zero-order valence-corrected chi connectivity index (χ0v) is 11.2. The van der Waals surface area contributed by atoms with Gasteiger partial charge in [-0.25, -0.2) is 4.98 Å². The fraction of sp³-hybridized carbons (Fsp3) is 0.667. The molecule has 0 radical (unpaired) electrons. The van der Waals surface area contributed by atoms with Gasteiger partial charge in [-0.15, -0.1) is 0 Å². The molecular formula is C15H23N3. The number of nitrogens with two attached hydrogens (primary N) is 1. The minimum atomic E-state index is 0.0940. The van der Waals surface area contributed by atoms with Gasteiger partial charge < -0.3 is 10.6 Å². The molecule has 2 N–H and O–H groups in total. The first-order valence-corrected chi connectivity index (χ1v) is 7.24. The molecule has 2 fully saturated rings. The number of rotatable bonds is 2. The van der Waals surface area contributed by atoms with Crippen molar-refractivity contribution in [2.45, 2.75) is 51.1 Å². The summed E-state index contributed by atoms with van der Waals surface area (Å²) in [5, 5.41) is 0. The predicted molar refractivity (Wildman–Crippen MR) is 74.5 cm³/mol. The number of anilines is 1. The molecule has 1 aromatic rings. The van der Waals surface area contributed by atoms with Gasteiger partial charge in [0, 0.05) is 24.8 Å². The molecule has 3 atom stereocenters. The Morgan fingerprint density at radius 1 is 1.33 bits per heavy atom. The fourth-order valence-corrected chi connectivity index (χ4v) is 3.56. The molecule has 1 aromatic heterocycles. The highest BCUT2D eigenvalue weighted by atomic mass is 15.2. The van der Waals surface area contributed by atoms with Gasteiger partial charge in [0.15, 0.2) is 0 Å². The monoisotopic (exact) mass is 245 g/mol. The van der Waals surface area contributed by atoms with Crippen molar-refractivity contribution in [2.24, 2.45) is 11.7 Å². The second-order valence-electron chi connectivity index (χ2n) is 5.83. The van der Waals surface area contributed by atoms with Gasteiger partial charge in [-0.3, -0.25) is 0 Å². The summed E-state index contributed by atoms with van der Waals surface area (Å²) in [6, 6.07) is 5.04. The van der Waals surface area contributed by atoms with Crippen molar-refractivity contribution >= 4 is 5.82 Å². The summed E-state index contributed by atoms with van der Waals surface area (Å²) >= 11 is 0. The van der Waals surface area contributed by atoms with E-state index in [2.05, 4.69) is 16.0 Å². The molecule has 0 bridgehead atoms. The Morgan fingerprint density at radius 3 is 3.00 bits per heavy atom. The van der Waals surface area contributed by atoms with E-state index in [4.69, 9.17) is 5.73 Å². The molecule has 1 saturated heterocycles. The first-order valence-electron chi connectivity index (χ1n) is 7.24. The maximum Gasteiger partial charge on any atom is 0.129 e. The van der Waals surface area contributed by atoms with E-state index in [1.807, 2.05) is 19.2 Å². The lowest BCUT2D eigenvalue weighted by molar-refractivity contribution is 0.341. The molecule has 2 aliphatic rings. The van der Waals surface area contributed by atoms with Gasteiger partial charge in [-0.1, -0.05) is 12.8 Å². The molecule has 2 unspecified atom stereocenters. The Labute approximate surface area is 109 Å². The topological polar surface area (TPSA) is 42.1 Å². The zero-order valence-electron chi connectivity index (χ0n) is 11.2. The quantitative estimate of drug-likeness (QED) is 0.871. The van der Waals surface area contributed by atoms with Crippen molar-refractivity contribution < 1.29 is 0 Å².